The van der Waals surface area contributed by atoms with Gasteiger partial charge in [0.05, 0.1) is 0 Å². The second kappa shape index (κ2) is 6.35. The van der Waals surface area contributed by atoms with Crippen LogP contribution in [-0.2, 0) is 0 Å². The molecule has 0 N–H and O–H groups in total. The van der Waals surface area contributed by atoms with Crippen LogP contribution in [0.2, 0.25) is 0 Å². The van der Waals surface area contributed by atoms with E-state index in [0.29, 0.717) is 0 Å². The van der Waals surface area contributed by atoms with Crippen molar-refractivity contribution in [3.8, 4) is 0 Å². The van der Waals surface area contributed by atoms with Crippen LogP contribution >= 0.6 is 45.3 Å². The second-order valence-corrected chi connectivity index (χ2v) is 12.7. The molecule has 0 radical (unpaired) electrons. The summed E-state index contributed by atoms with van der Waals surface area (Å²) in [5, 5.41) is 25.4. The predicted molar refractivity (Wildman–Crippen MR) is 158 cm³/mol. The Morgan fingerprint density at radius 2 is 0.853 bits per heavy atom. The fourth-order valence-electron chi connectivity index (χ4n) is 5.57. The number of hydrogen-bond acceptors (Lipinski definition) is 4. The van der Waals surface area contributed by atoms with E-state index in [-0.39, 0.29) is 0 Å². The smallest absolute Gasteiger partial charge is 0.0434 e. The fourth-order valence-corrected chi connectivity index (χ4v) is 9.53. The van der Waals surface area contributed by atoms with Crippen LogP contribution in [0.3, 0.4) is 0 Å². The fraction of sp³-hybridized carbons (Fsp3) is 0. The molecule has 0 unspecified atom stereocenters. The third-order valence-corrected chi connectivity index (χ3v) is 11.1. The molecule has 0 aliphatic heterocycles. The average molecular weight is 503 g/mol. The van der Waals surface area contributed by atoms with E-state index in [1.807, 2.05) is 22.7 Å². The summed E-state index contributed by atoms with van der Waals surface area (Å²) in [6.07, 6.45) is 0. The summed E-state index contributed by atoms with van der Waals surface area (Å²) >= 11 is 7.43. The maximum Gasteiger partial charge on any atom is 0.0434 e. The molecule has 0 nitrogen and oxygen atoms in total. The van der Waals surface area contributed by atoms with Crippen molar-refractivity contribution in [3.05, 3.63) is 82.2 Å². The summed E-state index contributed by atoms with van der Waals surface area (Å²) in [6, 6.07) is 23.7. The summed E-state index contributed by atoms with van der Waals surface area (Å²) in [7, 11) is 0. The highest BCUT2D eigenvalue weighted by Gasteiger charge is 2.14. The third kappa shape index (κ3) is 2.32. The minimum Gasteiger partial charge on any atom is -0.151 e. The molecular formula is C30H14S4. The van der Waals surface area contributed by atoms with Crippen molar-refractivity contribution < 1.29 is 0 Å². The van der Waals surface area contributed by atoms with Gasteiger partial charge in [0.2, 0.25) is 0 Å². The van der Waals surface area contributed by atoms with Gasteiger partial charge in [-0.2, -0.15) is 22.7 Å². The molecule has 4 heteroatoms. The van der Waals surface area contributed by atoms with Gasteiger partial charge in [0.1, 0.15) is 0 Å². The molecule has 0 aliphatic carbocycles. The molecule has 0 spiro atoms. The molecule has 5 aromatic carbocycles. The van der Waals surface area contributed by atoms with E-state index in [9.17, 15) is 0 Å². The summed E-state index contributed by atoms with van der Waals surface area (Å²) in [5.41, 5.74) is 0. The van der Waals surface area contributed by atoms with Crippen LogP contribution in [-0.4, -0.2) is 0 Å². The molecule has 0 aliphatic rings. The van der Waals surface area contributed by atoms with Gasteiger partial charge in [0.25, 0.3) is 0 Å². The Hall–Kier alpha value is -3.02. The summed E-state index contributed by atoms with van der Waals surface area (Å²) in [5.74, 6) is 0. The van der Waals surface area contributed by atoms with Crippen LogP contribution in [0.4, 0.5) is 0 Å². The lowest BCUT2D eigenvalue weighted by Crippen LogP contribution is -1.79. The van der Waals surface area contributed by atoms with E-state index in [2.05, 4.69) is 82.2 Å². The van der Waals surface area contributed by atoms with Crippen molar-refractivity contribution in [1.82, 2.24) is 0 Å². The van der Waals surface area contributed by atoms with Gasteiger partial charge in [-0.1, -0.05) is 24.3 Å². The molecule has 34 heavy (non-hydrogen) atoms. The minimum atomic E-state index is 1.32. The lowest BCUT2D eigenvalue weighted by atomic mass is 9.98. The first-order valence-corrected chi connectivity index (χ1v) is 14.7. The van der Waals surface area contributed by atoms with Gasteiger partial charge in [0.15, 0.2) is 0 Å². The maximum atomic E-state index is 2.43. The molecule has 0 amide bonds. The van der Waals surface area contributed by atoms with Crippen LogP contribution in [0.1, 0.15) is 0 Å². The van der Waals surface area contributed by atoms with E-state index in [1.165, 1.54) is 83.4 Å². The van der Waals surface area contributed by atoms with Crippen LogP contribution in [0.15, 0.2) is 82.2 Å². The first-order chi connectivity index (χ1) is 16.8. The van der Waals surface area contributed by atoms with Crippen LogP contribution in [0.25, 0.3) is 83.4 Å². The first kappa shape index (κ1) is 18.3. The Morgan fingerprint density at radius 3 is 1.59 bits per heavy atom. The topological polar surface area (TPSA) is 0 Å². The molecule has 0 atom stereocenters. The van der Waals surface area contributed by atoms with Crippen molar-refractivity contribution in [3.63, 3.8) is 0 Å². The van der Waals surface area contributed by atoms with Gasteiger partial charge in [-0.3, -0.25) is 0 Å². The zero-order valence-corrected chi connectivity index (χ0v) is 21.0. The van der Waals surface area contributed by atoms with Crippen LogP contribution < -0.4 is 0 Å². The van der Waals surface area contributed by atoms with Crippen molar-refractivity contribution in [2.75, 3.05) is 0 Å². The number of rotatable bonds is 0. The molecule has 9 rings (SSSR count). The largest absolute Gasteiger partial charge is 0.151 e. The van der Waals surface area contributed by atoms with E-state index in [4.69, 9.17) is 0 Å². The Labute approximate surface area is 209 Å². The lowest BCUT2D eigenvalue weighted by molar-refractivity contribution is 1.90. The summed E-state index contributed by atoms with van der Waals surface area (Å²) < 4.78 is 5.55. The highest BCUT2D eigenvalue weighted by Crippen LogP contribution is 2.44. The normalized spacial score (nSPS) is 12.7. The second-order valence-electron chi connectivity index (χ2n) is 9.07. The van der Waals surface area contributed by atoms with Gasteiger partial charge < -0.3 is 0 Å². The molecule has 9 aromatic rings. The highest BCUT2D eigenvalue weighted by molar-refractivity contribution is 7.27. The quantitative estimate of drug-likeness (QED) is 0.181. The minimum absolute atomic E-state index is 1.32. The predicted octanol–water partition coefficient (Wildman–Crippen LogP) is 11.2. The van der Waals surface area contributed by atoms with Crippen molar-refractivity contribution in [2.24, 2.45) is 0 Å². The standard InChI is InChI=1S/C30H14S4/c1-2-21-20(3-4-22-24-6-16-11-31-14-19(16)9-28(24)34-30(21)22)23-10-29-25(5-15(1)23)26-7-17-12-32-13-18(17)8-27(26)33-29/h1-14H. The van der Waals surface area contributed by atoms with Gasteiger partial charge in [-0.05, 0) is 95.6 Å². The number of benzene rings is 5. The SMILES string of the molecule is c1scc2cc3c(cc12)sc1cc2c(ccc4c2ccc2c5cc6cscc6cc5sc24)cc13. The summed E-state index contributed by atoms with van der Waals surface area (Å²) in [4.78, 5) is 0. The maximum absolute atomic E-state index is 2.43. The van der Waals surface area contributed by atoms with Gasteiger partial charge >= 0.3 is 0 Å². The van der Waals surface area contributed by atoms with Gasteiger partial charge in [-0.15, -0.1) is 22.7 Å². The summed E-state index contributed by atoms with van der Waals surface area (Å²) in [6.45, 7) is 0. The number of hydrogen-bond donors (Lipinski definition) is 0. The van der Waals surface area contributed by atoms with E-state index in [1.54, 1.807) is 22.7 Å². The molecule has 4 heterocycles. The zero-order valence-electron chi connectivity index (χ0n) is 17.7. The molecule has 0 fully saturated rings. The Morgan fingerprint density at radius 1 is 0.353 bits per heavy atom. The van der Waals surface area contributed by atoms with E-state index in [0.717, 1.165) is 0 Å². The Bertz CT molecular complexity index is 2260. The van der Waals surface area contributed by atoms with Gasteiger partial charge in [0, 0.05) is 45.7 Å². The highest BCUT2D eigenvalue weighted by atomic mass is 32.1. The first-order valence-electron chi connectivity index (χ1n) is 11.2. The molecule has 158 valence electrons. The monoisotopic (exact) mass is 502 g/mol. The number of fused-ring (bicyclic) bond motifs is 12. The van der Waals surface area contributed by atoms with E-state index < -0.39 is 0 Å². The Kier molecular flexibility index (Phi) is 3.42. The Balaban J connectivity index is 1.39. The van der Waals surface area contributed by atoms with Crippen molar-refractivity contribution >= 4 is 129 Å². The van der Waals surface area contributed by atoms with Crippen molar-refractivity contribution in [1.29, 1.82) is 0 Å². The lowest BCUT2D eigenvalue weighted by Gasteiger charge is -2.06. The number of thiophene rings is 4. The van der Waals surface area contributed by atoms with Crippen LogP contribution in [0, 0.1) is 0 Å². The molecule has 0 bridgehead atoms. The third-order valence-electron chi connectivity index (χ3n) is 7.23. The zero-order chi connectivity index (χ0) is 22.0. The molecule has 4 aromatic heterocycles. The van der Waals surface area contributed by atoms with E-state index >= 15 is 0 Å². The van der Waals surface area contributed by atoms with Crippen LogP contribution in [0.5, 0.6) is 0 Å². The van der Waals surface area contributed by atoms with Crippen molar-refractivity contribution in [2.45, 2.75) is 0 Å². The molecule has 0 saturated carbocycles. The molecule has 0 saturated heterocycles. The molecular weight excluding hydrogens is 489 g/mol. The van der Waals surface area contributed by atoms with Gasteiger partial charge in [-0.25, -0.2) is 0 Å². The average Bonchev–Trinajstić information content (AvgIpc) is 3.63.